The molecule has 0 aromatic carbocycles. The minimum Gasteiger partial charge on any atom is -0.352 e. The molecule has 0 spiro atoms. The van der Waals surface area contributed by atoms with Gasteiger partial charge >= 0.3 is 5.91 Å². The van der Waals surface area contributed by atoms with E-state index in [9.17, 15) is 14.4 Å². The van der Waals surface area contributed by atoms with E-state index in [1.807, 2.05) is 18.9 Å². The van der Waals surface area contributed by atoms with Gasteiger partial charge in [0.25, 0.3) is 0 Å². The Morgan fingerprint density at radius 2 is 1.96 bits per heavy atom. The Hall–Kier alpha value is -1.28. The molecule has 1 aliphatic carbocycles. The van der Waals surface area contributed by atoms with E-state index in [1.54, 1.807) is 0 Å². The van der Waals surface area contributed by atoms with Gasteiger partial charge in [0.15, 0.2) is 5.17 Å². The zero-order chi connectivity index (χ0) is 18.9. The average molecular weight is 419 g/mol. The van der Waals surface area contributed by atoms with Gasteiger partial charge in [0.2, 0.25) is 11.7 Å². The predicted molar refractivity (Wildman–Crippen MR) is 111 cm³/mol. The lowest BCUT2D eigenvalue weighted by Crippen LogP contribution is -2.48. The molecule has 0 bridgehead atoms. The Balaban J connectivity index is 0.00000364. The van der Waals surface area contributed by atoms with Gasteiger partial charge in [0.05, 0.1) is 6.04 Å². The second kappa shape index (κ2) is 12.2. The number of hydrogen-bond donors (Lipinski definition) is 2. The Morgan fingerprint density at radius 1 is 1.26 bits per heavy atom. The van der Waals surface area contributed by atoms with Crippen molar-refractivity contribution in [1.29, 1.82) is 0 Å². The molecule has 0 aromatic heterocycles. The number of nitrogens with one attached hydrogen (secondary N) is 2. The van der Waals surface area contributed by atoms with Crippen molar-refractivity contribution in [2.24, 2.45) is 11.0 Å². The molecule has 1 saturated carbocycles. The third-order valence-electron chi connectivity index (χ3n) is 4.92. The zero-order valence-electron chi connectivity index (χ0n) is 16.2. The first-order valence-electron chi connectivity index (χ1n) is 9.59. The van der Waals surface area contributed by atoms with Crippen LogP contribution >= 0.6 is 24.2 Å². The molecule has 1 saturated heterocycles. The smallest absolute Gasteiger partial charge is 0.309 e. The van der Waals surface area contributed by atoms with E-state index in [0.717, 1.165) is 57.2 Å². The predicted octanol–water partition coefficient (Wildman–Crippen LogP) is 2.30. The molecule has 7 nitrogen and oxygen atoms in total. The summed E-state index contributed by atoms with van der Waals surface area (Å²) in [7, 11) is 1.89. The number of unbranched alkanes of at least 4 members (excludes halogenated alkanes) is 1. The number of nitrogens with zero attached hydrogens (tertiary/aromatic N) is 2. The number of hydrazone groups is 1. The molecular formula is C18H31ClN4O3S. The summed E-state index contributed by atoms with van der Waals surface area (Å²) in [5, 5.41) is 7.55. The van der Waals surface area contributed by atoms with Crippen molar-refractivity contribution in [2.45, 2.75) is 64.3 Å². The SMILES string of the molecule is CCCC[C@H](NC(=O)C1CCCCC1)C(=O)C(=O)NN=C1SCCN1C.Cl. The summed E-state index contributed by atoms with van der Waals surface area (Å²) in [6, 6.07) is -0.765. The van der Waals surface area contributed by atoms with Crippen LogP contribution in [0.2, 0.25) is 0 Å². The van der Waals surface area contributed by atoms with Gasteiger partial charge in [0, 0.05) is 25.3 Å². The van der Waals surface area contributed by atoms with E-state index in [4.69, 9.17) is 0 Å². The van der Waals surface area contributed by atoms with Crippen LogP contribution in [0.25, 0.3) is 0 Å². The second-order valence-corrected chi connectivity index (χ2v) is 8.07. The van der Waals surface area contributed by atoms with Gasteiger partial charge in [-0.2, -0.15) is 0 Å². The highest BCUT2D eigenvalue weighted by Crippen LogP contribution is 2.24. The van der Waals surface area contributed by atoms with Crippen LogP contribution in [0, 0.1) is 5.92 Å². The fourth-order valence-electron chi connectivity index (χ4n) is 3.24. The van der Waals surface area contributed by atoms with Gasteiger partial charge in [-0.3, -0.25) is 14.4 Å². The summed E-state index contributed by atoms with van der Waals surface area (Å²) < 4.78 is 0. The summed E-state index contributed by atoms with van der Waals surface area (Å²) in [5.74, 6) is -0.590. The van der Waals surface area contributed by atoms with Crippen LogP contribution in [-0.4, -0.2) is 53.1 Å². The molecule has 0 radical (unpaired) electrons. The average Bonchev–Trinajstić information content (AvgIpc) is 3.08. The summed E-state index contributed by atoms with van der Waals surface area (Å²) >= 11 is 1.54. The van der Waals surface area contributed by atoms with Crippen molar-refractivity contribution < 1.29 is 14.4 Å². The zero-order valence-corrected chi connectivity index (χ0v) is 17.8. The first-order valence-corrected chi connectivity index (χ1v) is 10.6. The number of ketones is 1. The molecule has 1 atom stereocenters. The number of Topliss-reactive ketones (excluding diaryl/α,β-unsaturated/α-hetero) is 1. The molecule has 9 heteroatoms. The minimum atomic E-state index is -0.765. The quantitative estimate of drug-likeness (QED) is 0.466. The molecule has 2 N–H and O–H groups in total. The highest BCUT2D eigenvalue weighted by molar-refractivity contribution is 8.14. The number of rotatable bonds is 8. The van der Waals surface area contributed by atoms with Gasteiger partial charge in [0.1, 0.15) is 0 Å². The largest absolute Gasteiger partial charge is 0.352 e. The lowest BCUT2D eigenvalue weighted by molar-refractivity contribution is -0.140. The standard InChI is InChI=1S/C18H30N4O3S.ClH/c1-3-4-10-14(19-16(24)13-8-6-5-7-9-13)15(23)17(25)20-21-18-22(2)11-12-26-18;/h13-14H,3-12H2,1-2H3,(H,19,24)(H,20,25);1H/t14-;/m0./s1. The molecule has 1 aliphatic heterocycles. The van der Waals surface area contributed by atoms with E-state index < -0.39 is 17.7 Å². The van der Waals surface area contributed by atoms with Crippen molar-refractivity contribution in [3.63, 3.8) is 0 Å². The first-order chi connectivity index (χ1) is 12.5. The highest BCUT2D eigenvalue weighted by atomic mass is 35.5. The number of carbonyl (C=O) groups excluding carboxylic acids is 3. The van der Waals surface area contributed by atoms with Crippen LogP contribution in [0.1, 0.15) is 58.3 Å². The molecular weight excluding hydrogens is 388 g/mol. The Kier molecular flexibility index (Phi) is 10.8. The van der Waals surface area contributed by atoms with E-state index in [2.05, 4.69) is 15.8 Å². The Bertz CT molecular complexity index is 553. The third kappa shape index (κ3) is 7.33. The molecule has 2 fully saturated rings. The van der Waals surface area contributed by atoms with Gasteiger partial charge in [-0.05, 0) is 19.3 Å². The number of hydrogen-bond acceptors (Lipinski definition) is 5. The van der Waals surface area contributed by atoms with Crippen LogP contribution in [0.4, 0.5) is 0 Å². The Morgan fingerprint density at radius 3 is 2.56 bits per heavy atom. The van der Waals surface area contributed by atoms with Crippen molar-refractivity contribution >= 4 is 46.9 Å². The van der Waals surface area contributed by atoms with E-state index in [1.165, 1.54) is 11.8 Å². The molecule has 27 heavy (non-hydrogen) atoms. The second-order valence-electron chi connectivity index (χ2n) is 7.01. The van der Waals surface area contributed by atoms with E-state index in [-0.39, 0.29) is 24.2 Å². The number of thioether (sulfide) groups is 1. The van der Waals surface area contributed by atoms with Crippen LogP contribution in [0.15, 0.2) is 5.10 Å². The lowest BCUT2D eigenvalue weighted by atomic mass is 9.88. The molecule has 0 unspecified atom stereocenters. The van der Waals surface area contributed by atoms with Gasteiger partial charge < -0.3 is 10.2 Å². The summed E-state index contributed by atoms with van der Waals surface area (Å²) in [6.07, 6.45) is 7.15. The molecule has 0 aromatic rings. The normalized spacial score (nSPS) is 20.1. The van der Waals surface area contributed by atoms with Gasteiger partial charge in [-0.1, -0.05) is 50.8 Å². The third-order valence-corrected chi connectivity index (χ3v) is 5.96. The van der Waals surface area contributed by atoms with Crippen LogP contribution < -0.4 is 10.7 Å². The minimum absolute atomic E-state index is 0. The van der Waals surface area contributed by atoms with Gasteiger partial charge in [-0.25, -0.2) is 5.43 Å². The first kappa shape index (κ1) is 23.8. The maximum absolute atomic E-state index is 12.5. The van der Waals surface area contributed by atoms with Crippen LogP contribution in [0.5, 0.6) is 0 Å². The molecule has 2 rings (SSSR count). The number of amides is 2. The molecule has 154 valence electrons. The summed E-state index contributed by atoms with van der Waals surface area (Å²) in [4.78, 5) is 39.2. The van der Waals surface area contributed by atoms with Crippen LogP contribution in [0.3, 0.4) is 0 Å². The number of carbonyl (C=O) groups is 3. The van der Waals surface area contributed by atoms with E-state index >= 15 is 0 Å². The van der Waals surface area contributed by atoms with Crippen LogP contribution in [-0.2, 0) is 14.4 Å². The summed E-state index contributed by atoms with van der Waals surface area (Å²) in [6.45, 7) is 2.88. The molecule has 2 amide bonds. The van der Waals surface area contributed by atoms with Crippen molar-refractivity contribution in [3.8, 4) is 0 Å². The van der Waals surface area contributed by atoms with E-state index in [0.29, 0.717) is 11.6 Å². The topological polar surface area (TPSA) is 90.9 Å². The van der Waals surface area contributed by atoms with Crippen molar-refractivity contribution in [3.05, 3.63) is 0 Å². The monoisotopic (exact) mass is 418 g/mol. The molecule has 2 aliphatic rings. The maximum atomic E-state index is 12.5. The summed E-state index contributed by atoms with van der Waals surface area (Å²) in [5.41, 5.74) is 2.35. The Labute approximate surface area is 171 Å². The fraction of sp³-hybridized carbons (Fsp3) is 0.778. The van der Waals surface area contributed by atoms with Gasteiger partial charge in [-0.15, -0.1) is 17.5 Å². The van der Waals surface area contributed by atoms with Crippen molar-refractivity contribution in [2.75, 3.05) is 19.3 Å². The van der Waals surface area contributed by atoms with Crippen molar-refractivity contribution in [1.82, 2.24) is 15.6 Å². The number of halogens is 1. The lowest BCUT2D eigenvalue weighted by Gasteiger charge is -2.24. The highest BCUT2D eigenvalue weighted by Gasteiger charge is 2.30. The number of amidine groups is 1. The maximum Gasteiger partial charge on any atom is 0.309 e. The fourth-order valence-corrected chi connectivity index (χ4v) is 4.21. The molecule has 1 heterocycles.